The number of furan rings is 1. The van der Waals surface area contributed by atoms with Gasteiger partial charge in [-0.1, -0.05) is 6.07 Å². The second-order valence-corrected chi connectivity index (χ2v) is 5.33. The van der Waals surface area contributed by atoms with Gasteiger partial charge in [-0.2, -0.15) is 0 Å². The Kier molecular flexibility index (Phi) is 1.98. The molecule has 4 nitrogen and oxygen atoms in total. The molecule has 0 amide bonds. The van der Waals surface area contributed by atoms with Gasteiger partial charge in [0.2, 0.25) is 0 Å². The molecule has 1 aliphatic carbocycles. The Hall–Kier alpha value is -2.07. The maximum Gasteiger partial charge on any atom is 0.176 e. The third-order valence-electron chi connectivity index (χ3n) is 3.99. The number of nitrogens with zero attached hydrogens (tertiary/aromatic N) is 2. The van der Waals surface area contributed by atoms with E-state index in [0.29, 0.717) is 0 Å². The van der Waals surface area contributed by atoms with Crippen molar-refractivity contribution in [3.63, 3.8) is 0 Å². The minimum atomic E-state index is -0.115. The summed E-state index contributed by atoms with van der Waals surface area (Å²) in [5, 5.41) is 0. The summed E-state index contributed by atoms with van der Waals surface area (Å²) in [7, 11) is 2.00. The fraction of sp³-hybridized carbons (Fsp3) is 0.267. The van der Waals surface area contributed by atoms with Gasteiger partial charge in [-0.15, -0.1) is 0 Å². The van der Waals surface area contributed by atoms with E-state index in [1.54, 1.807) is 6.26 Å². The smallest absolute Gasteiger partial charge is 0.176 e. The van der Waals surface area contributed by atoms with E-state index in [2.05, 4.69) is 23.2 Å². The van der Waals surface area contributed by atoms with Crippen LogP contribution in [0.15, 0.2) is 41.0 Å². The van der Waals surface area contributed by atoms with Gasteiger partial charge >= 0.3 is 0 Å². The summed E-state index contributed by atoms with van der Waals surface area (Å²) in [6.07, 6.45) is 3.80. The molecule has 0 aliphatic heterocycles. The summed E-state index contributed by atoms with van der Waals surface area (Å²) in [5.74, 6) is 1.63. The third-order valence-corrected chi connectivity index (χ3v) is 3.99. The number of hydrogen-bond donors (Lipinski definition) is 1. The number of rotatable bonds is 2. The standard InChI is InChI=1S/C15H15N3O/c1-18-12-5-4-10(15(16)6-7-15)9-11(12)17-14(18)13-3-2-8-19-13/h2-5,8-9H,6-7,16H2,1H3. The van der Waals surface area contributed by atoms with Gasteiger partial charge in [-0.05, 0) is 42.7 Å². The molecule has 2 heterocycles. The molecule has 1 fully saturated rings. The first kappa shape index (κ1) is 10.8. The molecule has 2 N–H and O–H groups in total. The first-order valence-electron chi connectivity index (χ1n) is 6.47. The molecule has 19 heavy (non-hydrogen) atoms. The quantitative estimate of drug-likeness (QED) is 0.764. The normalized spacial score (nSPS) is 16.9. The fourth-order valence-electron chi connectivity index (χ4n) is 2.56. The van der Waals surface area contributed by atoms with Crippen molar-refractivity contribution in [2.24, 2.45) is 12.8 Å². The van der Waals surface area contributed by atoms with Crippen molar-refractivity contribution in [1.29, 1.82) is 0 Å². The van der Waals surface area contributed by atoms with Crippen LogP contribution in [-0.2, 0) is 12.6 Å². The number of fused-ring (bicyclic) bond motifs is 1. The summed E-state index contributed by atoms with van der Waals surface area (Å²) in [4.78, 5) is 4.67. The van der Waals surface area contributed by atoms with Gasteiger partial charge in [-0.3, -0.25) is 0 Å². The lowest BCUT2D eigenvalue weighted by Gasteiger charge is -2.08. The van der Waals surface area contributed by atoms with Crippen LogP contribution in [-0.4, -0.2) is 9.55 Å². The van der Waals surface area contributed by atoms with E-state index in [1.165, 1.54) is 5.56 Å². The zero-order valence-electron chi connectivity index (χ0n) is 10.8. The molecule has 0 saturated heterocycles. The zero-order valence-corrected chi connectivity index (χ0v) is 10.8. The van der Waals surface area contributed by atoms with Crippen LogP contribution in [0.5, 0.6) is 0 Å². The fourth-order valence-corrected chi connectivity index (χ4v) is 2.56. The topological polar surface area (TPSA) is 57.0 Å². The van der Waals surface area contributed by atoms with Crippen molar-refractivity contribution in [2.75, 3.05) is 0 Å². The van der Waals surface area contributed by atoms with Crippen LogP contribution in [0.3, 0.4) is 0 Å². The number of hydrogen-bond acceptors (Lipinski definition) is 3. The maximum absolute atomic E-state index is 6.25. The van der Waals surface area contributed by atoms with Gasteiger partial charge in [0.05, 0.1) is 17.3 Å². The molecule has 0 radical (unpaired) electrons. The molecule has 1 aromatic carbocycles. The summed E-state index contributed by atoms with van der Waals surface area (Å²) in [6.45, 7) is 0. The van der Waals surface area contributed by atoms with Gasteiger partial charge in [0, 0.05) is 12.6 Å². The molecular formula is C15H15N3O. The maximum atomic E-state index is 6.25. The Bertz CT molecular complexity index is 751. The molecule has 1 saturated carbocycles. The van der Waals surface area contributed by atoms with Crippen molar-refractivity contribution in [3.8, 4) is 11.6 Å². The highest BCUT2D eigenvalue weighted by atomic mass is 16.3. The Morgan fingerprint density at radius 3 is 2.84 bits per heavy atom. The van der Waals surface area contributed by atoms with Gasteiger partial charge < -0.3 is 14.7 Å². The van der Waals surface area contributed by atoms with Crippen LogP contribution in [0.1, 0.15) is 18.4 Å². The number of aryl methyl sites for hydroxylation is 1. The molecule has 3 aromatic rings. The first-order chi connectivity index (χ1) is 9.17. The molecule has 0 spiro atoms. The number of aromatic nitrogens is 2. The van der Waals surface area contributed by atoms with Crippen molar-refractivity contribution in [1.82, 2.24) is 9.55 Å². The molecule has 0 atom stereocenters. The lowest BCUT2D eigenvalue weighted by molar-refractivity contribution is 0.574. The Morgan fingerprint density at radius 2 is 2.16 bits per heavy atom. The van der Waals surface area contributed by atoms with E-state index < -0.39 is 0 Å². The van der Waals surface area contributed by atoms with Crippen LogP contribution in [0, 0.1) is 0 Å². The zero-order chi connectivity index (χ0) is 13.0. The summed E-state index contributed by atoms with van der Waals surface area (Å²) >= 11 is 0. The lowest BCUT2D eigenvalue weighted by atomic mass is 10.1. The molecule has 2 aromatic heterocycles. The van der Waals surface area contributed by atoms with Crippen molar-refractivity contribution < 1.29 is 4.42 Å². The molecule has 96 valence electrons. The largest absolute Gasteiger partial charge is 0.461 e. The van der Waals surface area contributed by atoms with Crippen LogP contribution >= 0.6 is 0 Å². The molecular weight excluding hydrogens is 238 g/mol. The minimum absolute atomic E-state index is 0.115. The minimum Gasteiger partial charge on any atom is -0.461 e. The van der Waals surface area contributed by atoms with Crippen molar-refractivity contribution in [2.45, 2.75) is 18.4 Å². The van der Waals surface area contributed by atoms with Crippen LogP contribution in [0.2, 0.25) is 0 Å². The van der Waals surface area contributed by atoms with Crippen LogP contribution < -0.4 is 5.73 Å². The van der Waals surface area contributed by atoms with Gasteiger partial charge in [0.15, 0.2) is 11.6 Å². The van der Waals surface area contributed by atoms with Crippen molar-refractivity contribution in [3.05, 3.63) is 42.2 Å². The van der Waals surface area contributed by atoms with E-state index in [1.807, 2.05) is 23.7 Å². The molecule has 0 bridgehead atoms. The average molecular weight is 253 g/mol. The molecule has 4 heteroatoms. The highest BCUT2D eigenvalue weighted by Crippen LogP contribution is 2.43. The highest BCUT2D eigenvalue weighted by molar-refractivity contribution is 5.80. The number of imidazole rings is 1. The van der Waals surface area contributed by atoms with E-state index >= 15 is 0 Å². The van der Waals surface area contributed by atoms with Crippen molar-refractivity contribution >= 4 is 11.0 Å². The Labute approximate surface area is 110 Å². The Morgan fingerprint density at radius 1 is 1.32 bits per heavy atom. The highest BCUT2D eigenvalue weighted by Gasteiger charge is 2.40. The third kappa shape index (κ3) is 1.53. The van der Waals surface area contributed by atoms with E-state index in [-0.39, 0.29) is 5.54 Å². The monoisotopic (exact) mass is 253 g/mol. The summed E-state index contributed by atoms with van der Waals surface area (Å²) in [6, 6.07) is 10.1. The predicted molar refractivity (Wildman–Crippen MR) is 73.5 cm³/mol. The summed E-state index contributed by atoms with van der Waals surface area (Å²) < 4.78 is 7.48. The molecule has 1 aliphatic rings. The second-order valence-electron chi connectivity index (χ2n) is 5.33. The van der Waals surface area contributed by atoms with E-state index in [4.69, 9.17) is 10.2 Å². The van der Waals surface area contributed by atoms with Gasteiger partial charge in [-0.25, -0.2) is 4.98 Å². The first-order valence-corrected chi connectivity index (χ1v) is 6.47. The average Bonchev–Trinajstić information content (AvgIpc) is 2.87. The lowest BCUT2D eigenvalue weighted by Crippen LogP contribution is -2.18. The number of nitrogens with two attached hydrogens (primary N) is 1. The van der Waals surface area contributed by atoms with Gasteiger partial charge in [0.1, 0.15) is 0 Å². The van der Waals surface area contributed by atoms with E-state index in [0.717, 1.165) is 35.5 Å². The molecule has 0 unspecified atom stereocenters. The molecule has 4 rings (SSSR count). The summed E-state index contributed by atoms with van der Waals surface area (Å²) in [5.41, 5.74) is 9.39. The van der Waals surface area contributed by atoms with Crippen LogP contribution in [0.4, 0.5) is 0 Å². The Balaban J connectivity index is 1.91. The number of benzene rings is 1. The van der Waals surface area contributed by atoms with Gasteiger partial charge in [0.25, 0.3) is 0 Å². The van der Waals surface area contributed by atoms with Crippen LogP contribution in [0.25, 0.3) is 22.6 Å². The second kappa shape index (κ2) is 3.48. The predicted octanol–water partition coefficient (Wildman–Crippen LogP) is 2.78. The van der Waals surface area contributed by atoms with E-state index in [9.17, 15) is 0 Å². The SMILES string of the molecule is Cn1c(-c2ccco2)nc2cc(C3(N)CC3)ccc21.